The van der Waals surface area contributed by atoms with Crippen LogP contribution in [0.2, 0.25) is 0 Å². The molecule has 1 aliphatic rings. The van der Waals surface area contributed by atoms with Crippen LogP contribution in [0.4, 0.5) is 4.79 Å². The average Bonchev–Trinajstić information content (AvgIpc) is 2.13. The molecule has 0 aliphatic carbocycles. The van der Waals surface area contributed by atoms with Crippen LogP contribution >= 0.6 is 0 Å². The van der Waals surface area contributed by atoms with E-state index >= 15 is 0 Å². The van der Waals surface area contributed by atoms with Gasteiger partial charge in [0.25, 0.3) is 0 Å². The van der Waals surface area contributed by atoms with Crippen molar-refractivity contribution in [3.05, 3.63) is 6.42 Å². The first kappa shape index (κ1) is 8.04. The number of imide groups is 1. The summed E-state index contributed by atoms with van der Waals surface area (Å²) in [7, 11) is 0. The van der Waals surface area contributed by atoms with Crippen molar-refractivity contribution in [2.24, 2.45) is 5.73 Å². The van der Waals surface area contributed by atoms with Crippen molar-refractivity contribution in [1.82, 2.24) is 4.90 Å². The molecular formula is C7H11N2O2. The van der Waals surface area contributed by atoms with E-state index in [0.717, 1.165) is 24.2 Å². The molecule has 61 valence electrons. The normalized spacial score (nSPS) is 19.6. The van der Waals surface area contributed by atoms with Gasteiger partial charge in [-0.3, -0.25) is 9.69 Å². The summed E-state index contributed by atoms with van der Waals surface area (Å²) in [6, 6.07) is -0.645. The van der Waals surface area contributed by atoms with E-state index in [1.54, 1.807) is 0 Å². The second kappa shape index (κ2) is 3.37. The molecule has 1 rings (SSSR count). The number of urea groups is 1. The number of hydrogen-bond acceptors (Lipinski definition) is 2. The molecule has 0 atom stereocenters. The maximum Gasteiger partial charge on any atom is 0.321 e. The molecule has 1 fully saturated rings. The Morgan fingerprint density at radius 3 is 2.91 bits per heavy atom. The highest BCUT2D eigenvalue weighted by atomic mass is 16.2. The number of carbonyl (C=O) groups excluding carboxylic acids is 2. The van der Waals surface area contributed by atoms with E-state index in [9.17, 15) is 9.59 Å². The van der Waals surface area contributed by atoms with Crippen molar-refractivity contribution in [3.8, 4) is 0 Å². The van der Waals surface area contributed by atoms with Crippen LogP contribution in [0.3, 0.4) is 0 Å². The lowest BCUT2D eigenvalue weighted by Gasteiger charge is -2.14. The van der Waals surface area contributed by atoms with Crippen molar-refractivity contribution >= 4 is 11.9 Å². The smallest absolute Gasteiger partial charge is 0.321 e. The summed E-state index contributed by atoms with van der Waals surface area (Å²) in [4.78, 5) is 22.7. The molecule has 3 amide bonds. The Kier molecular flexibility index (Phi) is 2.46. The lowest BCUT2D eigenvalue weighted by molar-refractivity contribution is -0.124. The van der Waals surface area contributed by atoms with Crippen LogP contribution in [0, 0.1) is 6.42 Å². The van der Waals surface area contributed by atoms with Gasteiger partial charge in [-0.2, -0.15) is 0 Å². The minimum atomic E-state index is -0.645. The van der Waals surface area contributed by atoms with E-state index in [4.69, 9.17) is 5.73 Å². The number of hydrogen-bond donors (Lipinski definition) is 1. The molecule has 4 heteroatoms. The van der Waals surface area contributed by atoms with Crippen molar-refractivity contribution < 1.29 is 9.59 Å². The number of nitrogens with zero attached hydrogens (tertiary/aromatic N) is 1. The number of likely N-dealkylation sites (tertiary alicyclic amines) is 1. The molecule has 0 aromatic rings. The van der Waals surface area contributed by atoms with Crippen molar-refractivity contribution in [2.75, 3.05) is 6.54 Å². The zero-order valence-electron chi connectivity index (χ0n) is 6.25. The van der Waals surface area contributed by atoms with Gasteiger partial charge in [0.2, 0.25) is 5.91 Å². The summed E-state index contributed by atoms with van der Waals surface area (Å²) in [5.41, 5.74) is 4.97. The Morgan fingerprint density at radius 1 is 1.55 bits per heavy atom. The van der Waals surface area contributed by atoms with Crippen molar-refractivity contribution in [2.45, 2.75) is 19.3 Å². The van der Waals surface area contributed by atoms with E-state index in [-0.39, 0.29) is 5.91 Å². The summed E-state index contributed by atoms with van der Waals surface area (Å²) in [6.45, 7) is 0.463. The molecule has 11 heavy (non-hydrogen) atoms. The Balaban J connectivity index is 2.59. The van der Waals surface area contributed by atoms with Gasteiger partial charge < -0.3 is 5.73 Å². The molecule has 0 unspecified atom stereocenters. The van der Waals surface area contributed by atoms with Gasteiger partial charge in [0.05, 0.1) is 6.42 Å². The number of amides is 3. The fourth-order valence-electron chi connectivity index (χ4n) is 1.08. The largest absolute Gasteiger partial charge is 0.351 e. The van der Waals surface area contributed by atoms with Crippen molar-refractivity contribution in [3.63, 3.8) is 0 Å². The topological polar surface area (TPSA) is 63.4 Å². The van der Waals surface area contributed by atoms with E-state index < -0.39 is 6.03 Å². The number of nitrogens with two attached hydrogens (primary N) is 1. The van der Waals surface area contributed by atoms with Crippen LogP contribution in [-0.4, -0.2) is 23.4 Å². The van der Waals surface area contributed by atoms with Crippen LogP contribution in [0.15, 0.2) is 0 Å². The summed E-state index contributed by atoms with van der Waals surface area (Å²) in [6.07, 6.45) is 4.07. The fraction of sp³-hybridized carbons (Fsp3) is 0.571. The van der Waals surface area contributed by atoms with Gasteiger partial charge in [-0.1, -0.05) is 6.42 Å². The summed E-state index contributed by atoms with van der Waals surface area (Å²) in [5, 5.41) is 0. The number of primary amides is 1. The number of rotatable bonds is 0. The zero-order chi connectivity index (χ0) is 8.27. The van der Waals surface area contributed by atoms with Crippen LogP contribution in [0.1, 0.15) is 19.3 Å². The Labute approximate surface area is 65.3 Å². The second-order valence-corrected chi connectivity index (χ2v) is 2.53. The summed E-state index contributed by atoms with van der Waals surface area (Å²) >= 11 is 0. The maximum atomic E-state index is 11.0. The molecule has 0 aromatic heterocycles. The summed E-state index contributed by atoms with van der Waals surface area (Å²) < 4.78 is 0. The summed E-state index contributed by atoms with van der Waals surface area (Å²) in [5.74, 6) is -0.255. The van der Waals surface area contributed by atoms with Gasteiger partial charge in [-0.05, 0) is 12.8 Å². The predicted molar refractivity (Wildman–Crippen MR) is 39.4 cm³/mol. The zero-order valence-corrected chi connectivity index (χ0v) is 6.25. The van der Waals surface area contributed by atoms with Crippen LogP contribution < -0.4 is 5.73 Å². The van der Waals surface area contributed by atoms with Gasteiger partial charge in [0.1, 0.15) is 0 Å². The van der Waals surface area contributed by atoms with Crippen LogP contribution in [-0.2, 0) is 4.79 Å². The second-order valence-electron chi connectivity index (χ2n) is 2.53. The third-order valence-electron chi connectivity index (χ3n) is 1.69. The molecule has 2 N–H and O–H groups in total. The van der Waals surface area contributed by atoms with Crippen LogP contribution in [0.5, 0.6) is 0 Å². The third-order valence-corrected chi connectivity index (χ3v) is 1.69. The Hall–Kier alpha value is -1.06. The lowest BCUT2D eigenvalue weighted by Crippen LogP contribution is -2.40. The molecule has 1 aliphatic heterocycles. The molecule has 1 heterocycles. The monoisotopic (exact) mass is 155 g/mol. The molecule has 0 bridgehead atoms. The Bertz CT molecular complexity index is 179. The molecule has 0 aromatic carbocycles. The standard InChI is InChI=1S/C7H11N2O2/c8-7(11)9-5-3-1-2-4-6(9)10/h4H,1-3,5H2,(H2,8,11). The first-order valence-corrected chi connectivity index (χ1v) is 3.66. The van der Waals surface area contributed by atoms with Gasteiger partial charge in [0.15, 0.2) is 0 Å². The van der Waals surface area contributed by atoms with E-state index in [1.807, 2.05) is 0 Å². The quantitative estimate of drug-likeness (QED) is 0.546. The fourth-order valence-corrected chi connectivity index (χ4v) is 1.08. The first-order valence-electron chi connectivity index (χ1n) is 3.66. The molecule has 0 saturated carbocycles. The molecule has 0 spiro atoms. The van der Waals surface area contributed by atoms with Crippen molar-refractivity contribution in [1.29, 1.82) is 0 Å². The van der Waals surface area contributed by atoms with E-state index in [2.05, 4.69) is 0 Å². The van der Waals surface area contributed by atoms with Gasteiger partial charge >= 0.3 is 6.03 Å². The molecular weight excluding hydrogens is 144 g/mol. The van der Waals surface area contributed by atoms with Gasteiger partial charge in [0, 0.05) is 6.54 Å². The van der Waals surface area contributed by atoms with Gasteiger partial charge in [-0.25, -0.2) is 4.79 Å². The lowest BCUT2D eigenvalue weighted by atomic mass is 10.2. The minimum absolute atomic E-state index is 0.255. The van der Waals surface area contributed by atoms with Gasteiger partial charge in [-0.15, -0.1) is 0 Å². The molecule has 4 nitrogen and oxygen atoms in total. The maximum absolute atomic E-state index is 11.0. The SMILES string of the molecule is NC(=O)N1CCCC[CH]C1=O. The minimum Gasteiger partial charge on any atom is -0.351 e. The first-order chi connectivity index (χ1) is 5.22. The highest BCUT2D eigenvalue weighted by molar-refractivity contribution is 5.98. The predicted octanol–water partition coefficient (Wildman–Crippen LogP) is 0.282. The highest BCUT2D eigenvalue weighted by Gasteiger charge is 2.20. The highest BCUT2D eigenvalue weighted by Crippen LogP contribution is 2.09. The Morgan fingerprint density at radius 2 is 2.27 bits per heavy atom. The molecule has 1 radical (unpaired) electrons. The van der Waals surface area contributed by atoms with E-state index in [0.29, 0.717) is 6.54 Å². The van der Waals surface area contributed by atoms with Crippen LogP contribution in [0.25, 0.3) is 0 Å². The average molecular weight is 155 g/mol. The third kappa shape index (κ3) is 1.93. The van der Waals surface area contributed by atoms with E-state index in [1.165, 1.54) is 6.42 Å². The number of carbonyl (C=O) groups is 2. The molecule has 1 saturated heterocycles.